The summed E-state index contributed by atoms with van der Waals surface area (Å²) in [5.74, 6) is 0.186. The minimum Gasteiger partial charge on any atom is -0.497 e. The van der Waals surface area contributed by atoms with E-state index < -0.39 is 0 Å². The number of anilines is 2. The predicted molar refractivity (Wildman–Crippen MR) is 102 cm³/mol. The molecule has 0 bridgehead atoms. The number of carbonyl (C=O) groups excluding carboxylic acids is 2. The first-order chi connectivity index (χ1) is 12.7. The van der Waals surface area contributed by atoms with Crippen LogP contribution in [0, 0.1) is 0 Å². The lowest BCUT2D eigenvalue weighted by molar-refractivity contribution is 0.101. The van der Waals surface area contributed by atoms with Crippen LogP contribution < -0.4 is 15.4 Å². The average Bonchev–Trinajstić information content (AvgIpc) is 2.69. The highest BCUT2D eigenvalue weighted by Crippen LogP contribution is 2.16. The molecule has 3 aromatic carbocycles. The minimum atomic E-state index is -0.256. The van der Waals surface area contributed by atoms with E-state index in [1.54, 1.807) is 55.6 Å². The second-order valence-electron chi connectivity index (χ2n) is 5.58. The number of amides is 2. The van der Waals surface area contributed by atoms with Gasteiger partial charge < -0.3 is 15.4 Å². The summed E-state index contributed by atoms with van der Waals surface area (Å²) in [4.78, 5) is 24.7. The van der Waals surface area contributed by atoms with Crippen molar-refractivity contribution in [1.29, 1.82) is 0 Å². The van der Waals surface area contributed by atoms with Crippen LogP contribution in [0.15, 0.2) is 78.9 Å². The highest BCUT2D eigenvalue weighted by Gasteiger charge is 2.10. The van der Waals surface area contributed by atoms with Gasteiger partial charge in [0, 0.05) is 22.5 Å². The zero-order chi connectivity index (χ0) is 18.4. The maximum Gasteiger partial charge on any atom is 0.255 e. The van der Waals surface area contributed by atoms with E-state index in [0.29, 0.717) is 28.3 Å². The number of benzene rings is 3. The van der Waals surface area contributed by atoms with Gasteiger partial charge in [-0.25, -0.2) is 0 Å². The molecule has 0 unspecified atom stereocenters. The maximum absolute atomic E-state index is 12.4. The number of methoxy groups -OCH3 is 1. The van der Waals surface area contributed by atoms with Gasteiger partial charge in [-0.2, -0.15) is 0 Å². The van der Waals surface area contributed by atoms with Crippen LogP contribution in [0.1, 0.15) is 20.7 Å². The van der Waals surface area contributed by atoms with E-state index in [2.05, 4.69) is 10.6 Å². The lowest BCUT2D eigenvalue weighted by Crippen LogP contribution is -2.14. The number of nitrogens with one attached hydrogen (secondary N) is 2. The summed E-state index contributed by atoms with van der Waals surface area (Å²) in [7, 11) is 1.57. The molecule has 0 saturated carbocycles. The summed E-state index contributed by atoms with van der Waals surface area (Å²) in [5.41, 5.74) is 2.23. The van der Waals surface area contributed by atoms with Crippen LogP contribution in [-0.2, 0) is 0 Å². The molecular weight excluding hydrogens is 328 g/mol. The molecule has 0 aliphatic carbocycles. The second kappa shape index (κ2) is 7.98. The Labute approximate surface area is 151 Å². The number of carbonyl (C=O) groups is 2. The predicted octanol–water partition coefficient (Wildman–Crippen LogP) is 4.20. The molecule has 0 heterocycles. The molecule has 0 aliphatic heterocycles. The fraction of sp³-hybridized carbons (Fsp3) is 0.0476. The molecule has 5 nitrogen and oxygen atoms in total. The summed E-state index contributed by atoms with van der Waals surface area (Å²) >= 11 is 0. The molecule has 0 spiro atoms. The van der Waals surface area contributed by atoms with Gasteiger partial charge in [0.25, 0.3) is 11.8 Å². The van der Waals surface area contributed by atoms with E-state index in [4.69, 9.17) is 4.74 Å². The van der Waals surface area contributed by atoms with Gasteiger partial charge in [-0.1, -0.05) is 24.3 Å². The Bertz CT molecular complexity index is 906. The third-order valence-electron chi connectivity index (χ3n) is 3.77. The van der Waals surface area contributed by atoms with Crippen molar-refractivity contribution >= 4 is 23.2 Å². The molecule has 0 radical (unpaired) electrons. The number of para-hydroxylation sites is 1. The standard InChI is InChI=1S/C21H18N2O3/c1-26-19-12-10-15(11-13-19)20(24)23-18-9-5-6-16(14-18)21(25)22-17-7-3-2-4-8-17/h2-14H,1H3,(H,22,25)(H,23,24). The van der Waals surface area contributed by atoms with Crippen molar-refractivity contribution in [3.05, 3.63) is 90.0 Å². The van der Waals surface area contributed by atoms with Gasteiger partial charge in [0.05, 0.1) is 7.11 Å². The van der Waals surface area contributed by atoms with Crippen LogP contribution in [0.25, 0.3) is 0 Å². The highest BCUT2D eigenvalue weighted by molar-refractivity contribution is 6.07. The van der Waals surface area contributed by atoms with E-state index in [1.165, 1.54) is 0 Å². The number of hydrogen-bond donors (Lipinski definition) is 2. The fourth-order valence-corrected chi connectivity index (χ4v) is 2.41. The van der Waals surface area contributed by atoms with Crippen molar-refractivity contribution in [2.24, 2.45) is 0 Å². The largest absolute Gasteiger partial charge is 0.497 e. The van der Waals surface area contributed by atoms with E-state index in [9.17, 15) is 9.59 Å². The third-order valence-corrected chi connectivity index (χ3v) is 3.77. The van der Waals surface area contributed by atoms with Crippen LogP contribution in [0.3, 0.4) is 0 Å². The summed E-state index contributed by atoms with van der Waals surface area (Å²) in [5, 5.41) is 5.61. The molecule has 130 valence electrons. The Morgan fingerprint density at radius 2 is 1.31 bits per heavy atom. The molecular formula is C21H18N2O3. The fourth-order valence-electron chi connectivity index (χ4n) is 2.41. The molecule has 26 heavy (non-hydrogen) atoms. The van der Waals surface area contributed by atoms with E-state index >= 15 is 0 Å². The highest BCUT2D eigenvalue weighted by atomic mass is 16.5. The van der Waals surface area contributed by atoms with Crippen molar-refractivity contribution in [3.8, 4) is 5.75 Å². The second-order valence-corrected chi connectivity index (χ2v) is 5.58. The monoisotopic (exact) mass is 346 g/mol. The van der Waals surface area contributed by atoms with Gasteiger partial charge in [0.15, 0.2) is 0 Å². The first kappa shape index (κ1) is 17.2. The molecule has 3 rings (SSSR count). The smallest absolute Gasteiger partial charge is 0.255 e. The molecule has 0 fully saturated rings. The summed E-state index contributed by atoms with van der Waals surface area (Å²) in [6.45, 7) is 0. The molecule has 5 heteroatoms. The Morgan fingerprint density at radius 1 is 0.692 bits per heavy atom. The molecule has 0 aromatic heterocycles. The van der Waals surface area contributed by atoms with Gasteiger partial charge in [-0.3, -0.25) is 9.59 Å². The van der Waals surface area contributed by atoms with Crippen molar-refractivity contribution in [2.45, 2.75) is 0 Å². The minimum absolute atomic E-state index is 0.239. The van der Waals surface area contributed by atoms with E-state index in [-0.39, 0.29) is 11.8 Å². The first-order valence-corrected chi connectivity index (χ1v) is 8.07. The average molecular weight is 346 g/mol. The summed E-state index contributed by atoms with van der Waals surface area (Å²) < 4.78 is 5.08. The van der Waals surface area contributed by atoms with Crippen LogP contribution in [0.2, 0.25) is 0 Å². The number of rotatable bonds is 5. The van der Waals surface area contributed by atoms with Crippen LogP contribution in [0.5, 0.6) is 5.75 Å². The van der Waals surface area contributed by atoms with E-state index in [0.717, 1.165) is 0 Å². The van der Waals surface area contributed by atoms with Crippen molar-refractivity contribution in [2.75, 3.05) is 17.7 Å². The molecule has 0 aliphatic rings. The molecule has 2 N–H and O–H groups in total. The maximum atomic E-state index is 12.4. The van der Waals surface area contributed by atoms with Crippen LogP contribution in [-0.4, -0.2) is 18.9 Å². The topological polar surface area (TPSA) is 67.4 Å². The van der Waals surface area contributed by atoms with Crippen LogP contribution in [0.4, 0.5) is 11.4 Å². The quantitative estimate of drug-likeness (QED) is 0.727. The van der Waals surface area contributed by atoms with Gasteiger partial charge in [-0.15, -0.1) is 0 Å². The Morgan fingerprint density at radius 3 is 2.00 bits per heavy atom. The zero-order valence-electron chi connectivity index (χ0n) is 14.2. The normalized spacial score (nSPS) is 10.0. The van der Waals surface area contributed by atoms with E-state index in [1.807, 2.05) is 30.3 Å². The van der Waals surface area contributed by atoms with Gasteiger partial charge in [-0.05, 0) is 54.6 Å². The van der Waals surface area contributed by atoms with Gasteiger partial charge >= 0.3 is 0 Å². The third kappa shape index (κ3) is 4.27. The lowest BCUT2D eigenvalue weighted by atomic mass is 10.1. The first-order valence-electron chi connectivity index (χ1n) is 8.07. The summed E-state index contributed by atoms with van der Waals surface area (Å²) in [6, 6.07) is 22.8. The summed E-state index contributed by atoms with van der Waals surface area (Å²) in [6.07, 6.45) is 0. The zero-order valence-corrected chi connectivity index (χ0v) is 14.2. The van der Waals surface area contributed by atoms with Crippen molar-refractivity contribution < 1.29 is 14.3 Å². The molecule has 0 atom stereocenters. The van der Waals surface area contributed by atoms with Crippen molar-refractivity contribution in [3.63, 3.8) is 0 Å². The Kier molecular flexibility index (Phi) is 5.29. The Balaban J connectivity index is 1.70. The lowest BCUT2D eigenvalue weighted by Gasteiger charge is -2.09. The van der Waals surface area contributed by atoms with Gasteiger partial charge in [0.2, 0.25) is 0 Å². The Hall–Kier alpha value is -3.60. The molecule has 2 amide bonds. The molecule has 3 aromatic rings. The van der Waals surface area contributed by atoms with Gasteiger partial charge in [0.1, 0.15) is 5.75 Å². The SMILES string of the molecule is COc1ccc(C(=O)Nc2cccc(C(=O)Nc3ccccc3)c2)cc1. The van der Waals surface area contributed by atoms with Crippen LogP contribution >= 0.6 is 0 Å². The number of ether oxygens (including phenoxy) is 1. The molecule has 0 saturated heterocycles. The van der Waals surface area contributed by atoms with Crippen molar-refractivity contribution in [1.82, 2.24) is 0 Å². The number of hydrogen-bond acceptors (Lipinski definition) is 3.